The summed E-state index contributed by atoms with van der Waals surface area (Å²) in [5.41, 5.74) is 7.52. The maximum atomic E-state index is 8.41. The zero-order valence-electron chi connectivity index (χ0n) is 10.3. The summed E-state index contributed by atoms with van der Waals surface area (Å²) in [6.45, 7) is 6.59. The van der Waals surface area contributed by atoms with E-state index >= 15 is 0 Å². The minimum absolute atomic E-state index is 0.165. The molecule has 0 aliphatic heterocycles. The zero-order chi connectivity index (χ0) is 12.7. The largest absolute Gasteiger partial charge is 0.409 e. The summed E-state index contributed by atoms with van der Waals surface area (Å²) in [5, 5.41) is 14.4. The lowest BCUT2D eigenvalue weighted by Crippen LogP contribution is -2.23. The van der Waals surface area contributed by atoms with Crippen LogP contribution in [0.4, 0.5) is 11.4 Å². The molecule has 5 nitrogen and oxygen atoms in total. The van der Waals surface area contributed by atoms with Crippen LogP contribution in [0.2, 0.25) is 0 Å². The number of nitrogens with zero attached hydrogens (tertiary/aromatic N) is 2. The van der Waals surface area contributed by atoms with Crippen molar-refractivity contribution >= 4 is 17.2 Å². The van der Waals surface area contributed by atoms with Gasteiger partial charge < -0.3 is 21.2 Å². The van der Waals surface area contributed by atoms with Crippen molar-refractivity contribution in [3.05, 3.63) is 24.3 Å². The van der Waals surface area contributed by atoms with Gasteiger partial charge in [-0.3, -0.25) is 0 Å². The van der Waals surface area contributed by atoms with Gasteiger partial charge >= 0.3 is 0 Å². The minimum atomic E-state index is 0.165. The Morgan fingerprint density at radius 3 is 2.35 bits per heavy atom. The Kier molecular flexibility index (Phi) is 5.13. The molecule has 1 rings (SSSR count). The fraction of sp³-hybridized carbons (Fsp3) is 0.417. The molecule has 0 aromatic heterocycles. The molecule has 0 aliphatic rings. The molecule has 0 saturated heterocycles. The lowest BCUT2D eigenvalue weighted by molar-refractivity contribution is 0.317. The van der Waals surface area contributed by atoms with Gasteiger partial charge in [-0.1, -0.05) is 5.16 Å². The van der Waals surface area contributed by atoms with E-state index in [1.165, 1.54) is 5.69 Å². The summed E-state index contributed by atoms with van der Waals surface area (Å²) < 4.78 is 0. The first-order chi connectivity index (χ1) is 8.21. The first-order valence-electron chi connectivity index (χ1n) is 5.76. The minimum Gasteiger partial charge on any atom is -0.409 e. The van der Waals surface area contributed by atoms with Crippen molar-refractivity contribution in [2.45, 2.75) is 13.8 Å². The van der Waals surface area contributed by atoms with E-state index in [2.05, 4.69) is 41.4 Å². The number of hydrogen-bond acceptors (Lipinski definition) is 4. The third kappa shape index (κ3) is 3.86. The highest BCUT2D eigenvalue weighted by molar-refractivity contribution is 5.84. The van der Waals surface area contributed by atoms with Crippen LogP contribution >= 0.6 is 0 Å². The number of rotatable bonds is 6. The second kappa shape index (κ2) is 6.62. The van der Waals surface area contributed by atoms with Gasteiger partial charge in [0.05, 0.1) is 6.54 Å². The Balaban J connectivity index is 2.61. The third-order valence-electron chi connectivity index (χ3n) is 2.60. The quantitative estimate of drug-likeness (QED) is 0.304. The number of hydrogen-bond donors (Lipinski definition) is 3. The fourth-order valence-electron chi connectivity index (χ4n) is 1.61. The number of anilines is 2. The van der Waals surface area contributed by atoms with Crippen molar-refractivity contribution in [2.24, 2.45) is 10.9 Å². The Morgan fingerprint density at radius 2 is 1.88 bits per heavy atom. The van der Waals surface area contributed by atoms with Gasteiger partial charge in [0.1, 0.15) is 0 Å². The van der Waals surface area contributed by atoms with Crippen LogP contribution in [0.5, 0.6) is 0 Å². The first-order valence-corrected chi connectivity index (χ1v) is 5.76. The SMILES string of the molecule is CCN(CC)c1ccc(NCC(N)=NO)cc1. The monoisotopic (exact) mass is 236 g/mol. The highest BCUT2D eigenvalue weighted by Gasteiger charge is 2.01. The molecule has 0 saturated carbocycles. The topological polar surface area (TPSA) is 73.9 Å². The Morgan fingerprint density at radius 1 is 1.29 bits per heavy atom. The van der Waals surface area contributed by atoms with Gasteiger partial charge in [0, 0.05) is 24.5 Å². The standard InChI is InChI=1S/C12H20N4O/c1-3-16(4-2)11-7-5-10(6-8-11)14-9-12(13)15-17/h5-8,14,17H,3-4,9H2,1-2H3,(H2,13,15). The van der Waals surface area contributed by atoms with Gasteiger partial charge in [-0.25, -0.2) is 0 Å². The normalized spacial score (nSPS) is 11.3. The number of benzene rings is 1. The molecule has 0 amide bonds. The van der Waals surface area contributed by atoms with Crippen LogP contribution in [0.1, 0.15) is 13.8 Å². The van der Waals surface area contributed by atoms with Crippen LogP contribution in [-0.4, -0.2) is 30.7 Å². The molecule has 1 aromatic carbocycles. The van der Waals surface area contributed by atoms with Gasteiger partial charge in [0.15, 0.2) is 5.84 Å². The van der Waals surface area contributed by atoms with Crippen LogP contribution in [-0.2, 0) is 0 Å². The van der Waals surface area contributed by atoms with Crippen molar-refractivity contribution in [3.63, 3.8) is 0 Å². The maximum Gasteiger partial charge on any atom is 0.158 e. The van der Waals surface area contributed by atoms with Crippen molar-refractivity contribution in [1.29, 1.82) is 0 Å². The maximum absolute atomic E-state index is 8.41. The summed E-state index contributed by atoms with van der Waals surface area (Å²) in [6.07, 6.45) is 0. The molecule has 4 N–H and O–H groups in total. The van der Waals surface area contributed by atoms with E-state index in [0.717, 1.165) is 18.8 Å². The average Bonchev–Trinajstić information content (AvgIpc) is 2.38. The summed E-state index contributed by atoms with van der Waals surface area (Å²) in [6, 6.07) is 8.08. The number of nitrogens with one attached hydrogen (secondary N) is 1. The van der Waals surface area contributed by atoms with Crippen molar-refractivity contribution in [2.75, 3.05) is 29.9 Å². The van der Waals surface area contributed by atoms with Crippen LogP contribution in [0, 0.1) is 0 Å². The average molecular weight is 236 g/mol. The molecular formula is C12H20N4O. The highest BCUT2D eigenvalue weighted by atomic mass is 16.4. The zero-order valence-corrected chi connectivity index (χ0v) is 10.3. The van der Waals surface area contributed by atoms with Crippen LogP contribution in [0.15, 0.2) is 29.4 Å². The van der Waals surface area contributed by atoms with Crippen molar-refractivity contribution in [1.82, 2.24) is 0 Å². The Hall–Kier alpha value is -1.91. The Bertz CT molecular complexity index is 357. The lowest BCUT2D eigenvalue weighted by Gasteiger charge is -2.21. The highest BCUT2D eigenvalue weighted by Crippen LogP contribution is 2.17. The number of amidine groups is 1. The van der Waals surface area contributed by atoms with E-state index in [0.29, 0.717) is 6.54 Å². The first kappa shape index (κ1) is 13.2. The van der Waals surface area contributed by atoms with E-state index in [1.807, 2.05) is 12.1 Å². The molecule has 0 spiro atoms. The molecule has 1 aromatic rings. The number of nitrogens with two attached hydrogens (primary N) is 1. The van der Waals surface area contributed by atoms with E-state index in [1.54, 1.807) is 0 Å². The van der Waals surface area contributed by atoms with Crippen molar-refractivity contribution < 1.29 is 5.21 Å². The van der Waals surface area contributed by atoms with Crippen LogP contribution in [0.3, 0.4) is 0 Å². The summed E-state index contributed by atoms with van der Waals surface area (Å²) >= 11 is 0. The molecule has 0 fully saturated rings. The molecule has 94 valence electrons. The van der Waals surface area contributed by atoms with Gasteiger partial charge in [-0.2, -0.15) is 0 Å². The van der Waals surface area contributed by atoms with E-state index in [9.17, 15) is 0 Å². The second-order valence-electron chi connectivity index (χ2n) is 3.66. The van der Waals surface area contributed by atoms with Gasteiger partial charge in [0.2, 0.25) is 0 Å². The smallest absolute Gasteiger partial charge is 0.158 e. The third-order valence-corrected chi connectivity index (χ3v) is 2.60. The Labute approximate surface area is 102 Å². The van der Waals surface area contributed by atoms with Crippen LogP contribution in [0.25, 0.3) is 0 Å². The molecule has 0 aliphatic carbocycles. The predicted molar refractivity (Wildman–Crippen MR) is 71.9 cm³/mol. The molecule has 0 heterocycles. The molecule has 0 unspecified atom stereocenters. The lowest BCUT2D eigenvalue weighted by atomic mass is 10.2. The number of oxime groups is 1. The molecule has 0 radical (unpaired) electrons. The van der Waals surface area contributed by atoms with E-state index < -0.39 is 0 Å². The summed E-state index contributed by atoms with van der Waals surface area (Å²) in [7, 11) is 0. The summed E-state index contributed by atoms with van der Waals surface area (Å²) in [4.78, 5) is 2.27. The van der Waals surface area contributed by atoms with Gasteiger partial charge in [-0.05, 0) is 38.1 Å². The van der Waals surface area contributed by atoms with E-state index in [-0.39, 0.29) is 5.84 Å². The van der Waals surface area contributed by atoms with E-state index in [4.69, 9.17) is 10.9 Å². The molecular weight excluding hydrogens is 216 g/mol. The van der Waals surface area contributed by atoms with Gasteiger partial charge in [0.25, 0.3) is 0 Å². The van der Waals surface area contributed by atoms with Crippen LogP contribution < -0.4 is 16.0 Å². The van der Waals surface area contributed by atoms with Gasteiger partial charge in [-0.15, -0.1) is 0 Å². The molecule has 0 atom stereocenters. The summed E-state index contributed by atoms with van der Waals surface area (Å²) in [5.74, 6) is 0.165. The molecule has 5 heteroatoms. The van der Waals surface area contributed by atoms with Crippen molar-refractivity contribution in [3.8, 4) is 0 Å². The molecule has 17 heavy (non-hydrogen) atoms. The predicted octanol–water partition coefficient (Wildman–Crippen LogP) is 1.69. The fourth-order valence-corrected chi connectivity index (χ4v) is 1.61. The molecule has 0 bridgehead atoms. The second-order valence-corrected chi connectivity index (χ2v) is 3.66.